The van der Waals surface area contributed by atoms with E-state index in [-0.39, 0.29) is 13.1 Å². The highest BCUT2D eigenvalue weighted by atomic mass is 32.2. The molecule has 37 heavy (non-hydrogen) atoms. The van der Waals surface area contributed by atoms with Crippen molar-refractivity contribution < 1.29 is 33.2 Å². The first-order valence-corrected chi connectivity index (χ1v) is 12.4. The van der Waals surface area contributed by atoms with Gasteiger partial charge in [-0.3, -0.25) is 9.59 Å². The third-order valence-corrected chi connectivity index (χ3v) is 6.89. The number of hydrogen-bond donors (Lipinski definition) is 2. The first kappa shape index (κ1) is 26.0. The van der Waals surface area contributed by atoms with Gasteiger partial charge >= 0.3 is 11.9 Å². The number of hydrogen-bond acceptors (Lipinski definition) is 7. The Hall–Kier alpha value is -4.12. The van der Waals surface area contributed by atoms with Crippen molar-refractivity contribution in [2.75, 3.05) is 32.6 Å². The molecule has 0 spiro atoms. The number of nitrogens with one attached hydrogen (secondary N) is 2. The number of fused-ring (bicyclic) bond motifs is 1. The number of anilines is 1. The summed E-state index contributed by atoms with van der Waals surface area (Å²) in [7, 11) is 2.98. The van der Waals surface area contributed by atoms with Gasteiger partial charge in [-0.1, -0.05) is 29.8 Å². The smallest absolute Gasteiger partial charge is 0.497 e. The molecule has 2 heterocycles. The zero-order valence-corrected chi connectivity index (χ0v) is 21.5. The molecule has 2 aromatic carbocycles. The molecule has 11 heteroatoms. The number of thioether (sulfide) groups is 1. The molecule has 0 aromatic heterocycles. The van der Waals surface area contributed by atoms with E-state index in [1.54, 1.807) is 29.7 Å². The Morgan fingerprint density at radius 3 is 2.51 bits per heavy atom. The number of carbonyl (C=O) groups is 4. The number of benzene rings is 2. The number of methoxy groups -OCH3 is 2. The van der Waals surface area contributed by atoms with Crippen LogP contribution in [-0.2, 0) is 20.9 Å². The summed E-state index contributed by atoms with van der Waals surface area (Å²) >= 11 is 1.22. The normalized spacial score (nSPS) is 16.5. The van der Waals surface area contributed by atoms with Gasteiger partial charge in [0.2, 0.25) is 0 Å². The molecule has 2 aliphatic heterocycles. The number of nitrogens with zero attached hydrogens (tertiary/aromatic N) is 2. The van der Waals surface area contributed by atoms with Crippen LogP contribution >= 0.6 is 11.8 Å². The number of amides is 5. The van der Waals surface area contributed by atoms with Gasteiger partial charge in [0.1, 0.15) is 17.2 Å². The van der Waals surface area contributed by atoms with E-state index in [1.165, 1.54) is 30.6 Å². The van der Waals surface area contributed by atoms with Crippen LogP contribution in [0.25, 0.3) is 0 Å². The molecular formula is C26H27N4O6S+. The van der Waals surface area contributed by atoms with Crippen molar-refractivity contribution in [2.24, 2.45) is 0 Å². The fourth-order valence-electron chi connectivity index (χ4n) is 3.90. The Bertz CT molecular complexity index is 1300. The Morgan fingerprint density at radius 1 is 1.05 bits per heavy atom. The minimum atomic E-state index is -0.731. The predicted molar refractivity (Wildman–Crippen MR) is 139 cm³/mol. The standard InChI is InChI=1S/C26H26N4O6S/c1-16-4-6-17(7-5-16)13-27-22(31)14-30-25(33)24-20(10-11-37-24)29(26(30)34)15-23(32)28-19-9-8-18(35-2)12-21(19)36-3/h4-12,24H,13-15H2,1-3H3,(H-,27,28,31,32)/p+1. The summed E-state index contributed by atoms with van der Waals surface area (Å²) in [6.07, 6.45) is 1.64. The van der Waals surface area contributed by atoms with Crippen LogP contribution in [-0.4, -0.2) is 71.5 Å². The van der Waals surface area contributed by atoms with Gasteiger partial charge in [-0.25, -0.2) is 4.79 Å². The Kier molecular flexibility index (Phi) is 7.92. The molecule has 0 saturated carbocycles. The molecule has 2 N–H and O–H groups in total. The Morgan fingerprint density at radius 2 is 1.81 bits per heavy atom. The van der Waals surface area contributed by atoms with Crippen molar-refractivity contribution in [3.63, 3.8) is 0 Å². The number of urea groups is 1. The lowest BCUT2D eigenvalue weighted by Crippen LogP contribution is -2.58. The monoisotopic (exact) mass is 523 g/mol. The van der Waals surface area contributed by atoms with Crippen molar-refractivity contribution in [2.45, 2.75) is 18.7 Å². The summed E-state index contributed by atoms with van der Waals surface area (Å²) < 4.78 is 11.7. The molecule has 1 unspecified atom stereocenters. The summed E-state index contributed by atoms with van der Waals surface area (Å²) in [6, 6.07) is 11.9. The molecule has 1 atom stereocenters. The van der Waals surface area contributed by atoms with Crippen molar-refractivity contribution in [3.8, 4) is 11.5 Å². The van der Waals surface area contributed by atoms with E-state index in [9.17, 15) is 19.2 Å². The van der Waals surface area contributed by atoms with Gasteiger partial charge < -0.3 is 20.1 Å². The summed E-state index contributed by atoms with van der Waals surface area (Å²) in [5.41, 5.74) is 2.81. The lowest BCUT2D eigenvalue weighted by atomic mass is 10.1. The molecule has 10 nitrogen and oxygen atoms in total. The summed E-state index contributed by atoms with van der Waals surface area (Å²) in [5.74, 6) is -0.515. The maximum Gasteiger partial charge on any atom is 0.501 e. The third-order valence-electron chi connectivity index (χ3n) is 5.88. The molecule has 0 radical (unpaired) electrons. The van der Waals surface area contributed by atoms with E-state index in [0.717, 1.165) is 16.0 Å². The fourth-order valence-corrected chi connectivity index (χ4v) is 4.86. The molecule has 0 bridgehead atoms. The minimum Gasteiger partial charge on any atom is -0.497 e. The van der Waals surface area contributed by atoms with Gasteiger partial charge in [0.25, 0.3) is 11.8 Å². The zero-order chi connectivity index (χ0) is 26.5. The Labute approximate surface area is 218 Å². The van der Waals surface area contributed by atoms with Crippen molar-refractivity contribution in [1.82, 2.24) is 10.2 Å². The largest absolute Gasteiger partial charge is 0.501 e. The number of ether oxygens (including phenoxy) is 2. The SMILES string of the molecule is COc1ccc(NC(=O)C[N+]2=C3C=CSC3C(=O)N(CC(=O)NCc3ccc(C)cc3)C2=O)c(OC)c1. The highest BCUT2D eigenvalue weighted by Crippen LogP contribution is 2.30. The lowest BCUT2D eigenvalue weighted by Gasteiger charge is -2.24. The van der Waals surface area contributed by atoms with E-state index in [4.69, 9.17) is 9.47 Å². The van der Waals surface area contributed by atoms with E-state index in [0.29, 0.717) is 22.9 Å². The highest BCUT2D eigenvalue weighted by molar-refractivity contribution is 8.04. The molecule has 0 aliphatic carbocycles. The minimum absolute atomic E-state index is 0.266. The van der Waals surface area contributed by atoms with Crippen LogP contribution in [0.2, 0.25) is 0 Å². The molecular weight excluding hydrogens is 496 g/mol. The zero-order valence-electron chi connectivity index (χ0n) is 20.6. The first-order chi connectivity index (χ1) is 17.8. The van der Waals surface area contributed by atoms with Crippen molar-refractivity contribution in [3.05, 3.63) is 65.1 Å². The number of rotatable bonds is 9. The summed E-state index contributed by atoms with van der Waals surface area (Å²) in [5, 5.41) is 6.47. The average molecular weight is 524 g/mol. The van der Waals surface area contributed by atoms with Crippen LogP contribution in [0, 0.1) is 6.92 Å². The van der Waals surface area contributed by atoms with Crippen LogP contribution in [0.15, 0.2) is 53.9 Å². The topological polar surface area (TPSA) is 117 Å². The predicted octanol–water partition coefficient (Wildman–Crippen LogP) is 2.31. The second-order valence-corrected chi connectivity index (χ2v) is 9.43. The maximum atomic E-state index is 13.3. The number of aryl methyl sites for hydroxylation is 1. The molecule has 4 rings (SSSR count). The van der Waals surface area contributed by atoms with E-state index >= 15 is 0 Å². The van der Waals surface area contributed by atoms with E-state index in [1.807, 2.05) is 31.2 Å². The molecule has 0 saturated heterocycles. The number of imide groups is 1. The molecule has 0 fully saturated rings. The molecule has 2 aliphatic rings. The van der Waals surface area contributed by atoms with E-state index in [2.05, 4.69) is 10.6 Å². The quantitative estimate of drug-likeness (QED) is 0.485. The average Bonchev–Trinajstić information content (AvgIpc) is 3.39. The van der Waals surface area contributed by atoms with Gasteiger partial charge in [-0.2, -0.15) is 9.37 Å². The van der Waals surface area contributed by atoms with Crippen LogP contribution in [0.4, 0.5) is 10.5 Å². The van der Waals surface area contributed by atoms with Crippen LogP contribution in [0.3, 0.4) is 0 Å². The summed E-state index contributed by atoms with van der Waals surface area (Å²) in [4.78, 5) is 52.7. The molecule has 5 amide bonds. The molecule has 2 aromatic rings. The van der Waals surface area contributed by atoms with Crippen LogP contribution in [0.5, 0.6) is 11.5 Å². The van der Waals surface area contributed by atoms with Crippen molar-refractivity contribution in [1.29, 1.82) is 0 Å². The highest BCUT2D eigenvalue weighted by Gasteiger charge is 2.50. The Balaban J connectivity index is 1.46. The van der Waals surface area contributed by atoms with E-state index < -0.39 is 35.5 Å². The van der Waals surface area contributed by atoms with Crippen molar-refractivity contribution >= 4 is 46.9 Å². The number of carbonyl (C=O) groups excluding carboxylic acids is 4. The second kappa shape index (κ2) is 11.3. The van der Waals surface area contributed by atoms with Crippen LogP contribution < -0.4 is 20.1 Å². The maximum absolute atomic E-state index is 13.3. The van der Waals surface area contributed by atoms with Gasteiger partial charge in [-0.05, 0) is 36.1 Å². The third kappa shape index (κ3) is 5.83. The van der Waals surface area contributed by atoms with Gasteiger partial charge in [-0.15, -0.1) is 16.7 Å². The van der Waals surface area contributed by atoms with Gasteiger partial charge in [0.05, 0.1) is 19.9 Å². The van der Waals surface area contributed by atoms with Gasteiger partial charge in [0.15, 0.2) is 18.3 Å². The lowest BCUT2D eigenvalue weighted by molar-refractivity contribution is -0.425. The van der Waals surface area contributed by atoms with Crippen LogP contribution in [0.1, 0.15) is 11.1 Å². The summed E-state index contributed by atoms with van der Waals surface area (Å²) in [6.45, 7) is 1.44. The first-order valence-electron chi connectivity index (χ1n) is 11.5. The second-order valence-electron chi connectivity index (χ2n) is 8.41. The van der Waals surface area contributed by atoms with Gasteiger partial charge in [0, 0.05) is 12.6 Å². The number of allylic oxidation sites excluding steroid dienone is 1. The fraction of sp³-hybridized carbons (Fsp3) is 0.269. The molecule has 192 valence electrons.